The molecule has 0 radical (unpaired) electrons. The van der Waals surface area contributed by atoms with Crippen molar-refractivity contribution in [2.24, 2.45) is 0 Å². The third kappa shape index (κ3) is 5.73. The Balaban J connectivity index is 1.25. The highest BCUT2D eigenvalue weighted by molar-refractivity contribution is 9.10. The predicted molar refractivity (Wildman–Crippen MR) is 184 cm³/mol. The lowest BCUT2D eigenvalue weighted by atomic mass is 10.1. The van der Waals surface area contributed by atoms with Crippen molar-refractivity contribution in [2.75, 3.05) is 13.2 Å². The summed E-state index contributed by atoms with van der Waals surface area (Å²) in [5.74, 6) is -0.921. The lowest BCUT2D eigenvalue weighted by Gasteiger charge is -2.43. The maximum atomic E-state index is 13.7. The van der Waals surface area contributed by atoms with Gasteiger partial charge in [0.15, 0.2) is 34.1 Å². The van der Waals surface area contributed by atoms with Crippen LogP contribution in [0.3, 0.4) is 0 Å². The van der Waals surface area contributed by atoms with Crippen LogP contribution in [-0.2, 0) is 23.4 Å². The molecule has 49 heavy (non-hydrogen) atoms. The monoisotopic (exact) mass is 756 g/mol. The molecule has 2 aromatic heterocycles. The van der Waals surface area contributed by atoms with Crippen LogP contribution in [0.5, 0.6) is 0 Å². The first-order valence-electron chi connectivity index (χ1n) is 16.3. The standard InChI is InChI=1S/C34H41BrN4O9Si/c1-33(2,3)49(19-12-8-6-9-13-19,20-14-10-7-11-15-20)44-17-22-26-27(48-34(4,5)47-26)31(46-22)39-28-23(37-32(39)35)29(43)38(18-36-28)30-25(42)24(41)21(16-40)45-30/h6-15,18,21-22,24-27,30-31,40-42H,16-17H2,1-5H3/t21-,22-,24-,25-,26-,27-,30-,31-/m1/s1. The number of aliphatic hydroxyl groups excluding tert-OH is 3. The van der Waals surface area contributed by atoms with Crippen LogP contribution < -0.4 is 15.9 Å². The van der Waals surface area contributed by atoms with Crippen LogP contribution in [0.15, 0.2) is 76.5 Å². The molecule has 0 bridgehead atoms. The summed E-state index contributed by atoms with van der Waals surface area (Å²) < 4.78 is 35.4. The molecule has 15 heteroatoms. The topological polar surface area (TPSA) is 160 Å². The third-order valence-electron chi connectivity index (χ3n) is 9.64. The van der Waals surface area contributed by atoms with Gasteiger partial charge in [0.25, 0.3) is 13.9 Å². The van der Waals surface area contributed by atoms with E-state index in [1.165, 1.54) is 6.33 Å². The molecule has 0 aliphatic carbocycles. The molecule has 13 nitrogen and oxygen atoms in total. The second kappa shape index (κ2) is 12.7. The molecule has 8 atom stereocenters. The maximum absolute atomic E-state index is 13.7. The Labute approximate surface area is 292 Å². The lowest BCUT2D eigenvalue weighted by molar-refractivity contribution is -0.199. The molecule has 3 aliphatic rings. The molecule has 5 heterocycles. The second-order valence-electron chi connectivity index (χ2n) is 14.2. The average molecular weight is 758 g/mol. The number of rotatable bonds is 8. The minimum Gasteiger partial charge on any atom is -0.405 e. The molecule has 3 aliphatic heterocycles. The zero-order chi connectivity index (χ0) is 34.9. The lowest BCUT2D eigenvalue weighted by Crippen LogP contribution is -2.67. The summed E-state index contributed by atoms with van der Waals surface area (Å²) in [6.07, 6.45) is -6.38. The van der Waals surface area contributed by atoms with Gasteiger partial charge in [-0.25, -0.2) is 9.97 Å². The molecule has 7 rings (SSSR count). The molecule has 0 unspecified atom stereocenters. The van der Waals surface area contributed by atoms with E-state index in [9.17, 15) is 20.1 Å². The predicted octanol–water partition coefficient (Wildman–Crippen LogP) is 1.96. The van der Waals surface area contributed by atoms with Crippen molar-refractivity contribution in [3.05, 3.63) is 82.1 Å². The highest BCUT2D eigenvalue weighted by atomic mass is 79.9. The number of aliphatic hydroxyl groups is 3. The molecule has 0 saturated carbocycles. The molecule has 0 amide bonds. The van der Waals surface area contributed by atoms with Crippen molar-refractivity contribution in [3.63, 3.8) is 0 Å². The number of fused-ring (bicyclic) bond motifs is 2. The van der Waals surface area contributed by atoms with E-state index >= 15 is 0 Å². The van der Waals surface area contributed by atoms with Crippen LogP contribution in [0.1, 0.15) is 47.1 Å². The van der Waals surface area contributed by atoms with Crippen molar-refractivity contribution in [2.45, 2.75) is 94.5 Å². The summed E-state index contributed by atoms with van der Waals surface area (Å²) >= 11 is 3.52. The third-order valence-corrected chi connectivity index (χ3v) is 15.2. The summed E-state index contributed by atoms with van der Waals surface area (Å²) in [5.41, 5.74) is -0.410. The highest BCUT2D eigenvalue weighted by Crippen LogP contribution is 2.46. The van der Waals surface area contributed by atoms with E-state index < -0.39 is 75.4 Å². The van der Waals surface area contributed by atoms with Crippen molar-refractivity contribution in [1.29, 1.82) is 0 Å². The Morgan fingerprint density at radius 2 is 1.51 bits per heavy atom. The van der Waals surface area contributed by atoms with Gasteiger partial charge in [-0.3, -0.25) is 13.9 Å². The molecular formula is C34H41BrN4O9Si. The maximum Gasteiger partial charge on any atom is 0.283 e. The Kier molecular flexibility index (Phi) is 9.00. The van der Waals surface area contributed by atoms with E-state index in [4.69, 9.17) is 23.4 Å². The van der Waals surface area contributed by atoms with E-state index in [2.05, 4.69) is 70.9 Å². The van der Waals surface area contributed by atoms with E-state index in [-0.39, 0.29) is 27.5 Å². The zero-order valence-electron chi connectivity index (χ0n) is 27.8. The number of imidazole rings is 1. The molecule has 3 saturated heterocycles. The summed E-state index contributed by atoms with van der Waals surface area (Å²) in [5, 5.41) is 32.4. The Hall–Kier alpha value is -2.83. The zero-order valence-corrected chi connectivity index (χ0v) is 30.4. The van der Waals surface area contributed by atoms with E-state index in [0.29, 0.717) is 0 Å². The van der Waals surface area contributed by atoms with Gasteiger partial charge in [0, 0.05) is 0 Å². The quantitative estimate of drug-likeness (QED) is 0.178. The van der Waals surface area contributed by atoms with Gasteiger partial charge in [0.1, 0.15) is 43.0 Å². The minimum atomic E-state index is -2.91. The first kappa shape index (κ1) is 34.6. The normalized spacial score (nSPS) is 29.9. The number of benzene rings is 2. The number of hydrogen-bond acceptors (Lipinski definition) is 11. The number of nitrogens with zero attached hydrogens (tertiary/aromatic N) is 4. The Morgan fingerprint density at radius 1 is 0.918 bits per heavy atom. The fraction of sp³-hybridized carbons (Fsp3) is 0.500. The van der Waals surface area contributed by atoms with E-state index in [1.807, 2.05) is 50.2 Å². The van der Waals surface area contributed by atoms with Crippen LogP contribution in [0, 0.1) is 0 Å². The van der Waals surface area contributed by atoms with Gasteiger partial charge in [-0.1, -0.05) is 81.4 Å². The number of ether oxygens (including phenoxy) is 4. The van der Waals surface area contributed by atoms with Crippen molar-refractivity contribution < 1.29 is 38.7 Å². The SMILES string of the molecule is CC1(C)O[C@@H]2[C@H](O1)[C@@H](CO[Si](c1ccccc1)(c1ccccc1)C(C)(C)C)O[C@H]2n1c(Br)nc2c(=O)n([C@@H]3O[C@H](CO)[C@@H](O)[C@H]3O)cnc21. The van der Waals surface area contributed by atoms with Crippen LogP contribution in [0.2, 0.25) is 5.04 Å². The molecule has 3 fully saturated rings. The second-order valence-corrected chi connectivity index (χ2v) is 19.2. The van der Waals surface area contributed by atoms with Crippen molar-refractivity contribution in [1.82, 2.24) is 19.1 Å². The first-order chi connectivity index (χ1) is 23.3. The molecule has 4 aromatic rings. The summed E-state index contributed by atoms with van der Waals surface area (Å²) in [6.45, 7) is 10.0. The summed E-state index contributed by atoms with van der Waals surface area (Å²) in [7, 11) is -2.91. The van der Waals surface area contributed by atoms with E-state index in [0.717, 1.165) is 14.9 Å². The van der Waals surface area contributed by atoms with E-state index in [1.54, 1.807) is 4.57 Å². The molecule has 2 aromatic carbocycles. The van der Waals surface area contributed by atoms with Gasteiger partial charge in [0.2, 0.25) is 0 Å². The fourth-order valence-corrected chi connectivity index (χ4v) is 12.6. The van der Waals surface area contributed by atoms with Crippen LogP contribution in [0.25, 0.3) is 11.2 Å². The van der Waals surface area contributed by atoms with Gasteiger partial charge in [0.05, 0.1) is 13.2 Å². The first-order valence-corrected chi connectivity index (χ1v) is 19.0. The van der Waals surface area contributed by atoms with Gasteiger partial charge in [-0.05, 0) is 45.2 Å². The summed E-state index contributed by atoms with van der Waals surface area (Å²) in [4.78, 5) is 22.7. The Morgan fingerprint density at radius 3 is 2.08 bits per heavy atom. The fourth-order valence-electron chi connectivity index (χ4n) is 7.44. The largest absolute Gasteiger partial charge is 0.405 e. The average Bonchev–Trinajstić information content (AvgIpc) is 3.76. The van der Waals surface area contributed by atoms with Gasteiger partial charge in [-0.2, -0.15) is 0 Å². The molecule has 3 N–H and O–H groups in total. The van der Waals surface area contributed by atoms with Crippen LogP contribution in [-0.4, -0.2) is 98.4 Å². The Bertz CT molecular complexity index is 1830. The molecule has 262 valence electrons. The minimum absolute atomic E-state index is 0.0162. The van der Waals surface area contributed by atoms with Crippen molar-refractivity contribution >= 4 is 45.8 Å². The molecule has 0 spiro atoms. The number of hydrogen-bond donors (Lipinski definition) is 3. The van der Waals surface area contributed by atoms with Gasteiger partial charge >= 0.3 is 0 Å². The highest BCUT2D eigenvalue weighted by Gasteiger charge is 2.58. The van der Waals surface area contributed by atoms with Crippen LogP contribution >= 0.6 is 15.9 Å². The summed E-state index contributed by atoms with van der Waals surface area (Å²) in [6, 6.07) is 20.7. The number of halogens is 1. The van der Waals surface area contributed by atoms with Crippen LogP contribution in [0.4, 0.5) is 0 Å². The van der Waals surface area contributed by atoms with Gasteiger partial charge < -0.3 is 38.7 Å². The smallest absolute Gasteiger partial charge is 0.283 e. The van der Waals surface area contributed by atoms with Gasteiger partial charge in [-0.15, -0.1) is 0 Å². The van der Waals surface area contributed by atoms with Crippen molar-refractivity contribution in [3.8, 4) is 0 Å². The number of aromatic nitrogens is 4. The molecular weight excluding hydrogens is 716 g/mol.